The number of halogens is 1. The van der Waals surface area contributed by atoms with Crippen molar-refractivity contribution in [3.05, 3.63) is 28.8 Å². The standard InChI is InChI=1S/C14H20ClNO2/c1-10(18)11-4-6-16(7-5-11)14-8-13(15)3-2-12(14)9-17/h2-3,8,10-11,17-18H,4-7,9H2,1H3. The molecule has 0 spiro atoms. The fraction of sp³-hybridized carbons (Fsp3) is 0.571. The van der Waals surface area contributed by atoms with Gasteiger partial charge in [0, 0.05) is 29.4 Å². The van der Waals surface area contributed by atoms with Crippen LogP contribution in [0.4, 0.5) is 5.69 Å². The molecular formula is C14H20ClNO2. The first-order chi connectivity index (χ1) is 8.61. The Kier molecular flexibility index (Phi) is 4.49. The molecule has 1 aliphatic heterocycles. The van der Waals surface area contributed by atoms with Crippen LogP contribution in [0.2, 0.25) is 5.02 Å². The lowest BCUT2D eigenvalue weighted by Crippen LogP contribution is -2.37. The van der Waals surface area contributed by atoms with Gasteiger partial charge in [-0.1, -0.05) is 17.7 Å². The Hall–Kier alpha value is -0.770. The summed E-state index contributed by atoms with van der Waals surface area (Å²) in [4.78, 5) is 2.25. The number of aliphatic hydroxyl groups is 2. The monoisotopic (exact) mass is 269 g/mol. The smallest absolute Gasteiger partial charge is 0.0702 e. The second-order valence-electron chi connectivity index (χ2n) is 5.00. The quantitative estimate of drug-likeness (QED) is 0.886. The summed E-state index contributed by atoms with van der Waals surface area (Å²) in [6.07, 6.45) is 1.73. The number of benzene rings is 1. The summed E-state index contributed by atoms with van der Waals surface area (Å²) < 4.78 is 0. The van der Waals surface area contributed by atoms with E-state index in [2.05, 4.69) is 4.90 Å². The highest BCUT2D eigenvalue weighted by molar-refractivity contribution is 6.30. The number of anilines is 1. The van der Waals surface area contributed by atoms with Gasteiger partial charge in [0.05, 0.1) is 12.7 Å². The van der Waals surface area contributed by atoms with Crippen LogP contribution in [0.3, 0.4) is 0 Å². The molecule has 1 unspecified atom stereocenters. The Morgan fingerprint density at radius 2 is 2.06 bits per heavy atom. The predicted molar refractivity (Wildman–Crippen MR) is 74.0 cm³/mol. The average molecular weight is 270 g/mol. The maximum atomic E-state index is 9.60. The van der Waals surface area contributed by atoms with Crippen LogP contribution in [-0.2, 0) is 6.61 Å². The molecule has 3 nitrogen and oxygen atoms in total. The van der Waals surface area contributed by atoms with E-state index in [0.29, 0.717) is 10.9 Å². The molecule has 0 aliphatic carbocycles. The first-order valence-corrected chi connectivity index (χ1v) is 6.82. The first-order valence-electron chi connectivity index (χ1n) is 6.44. The van der Waals surface area contributed by atoms with Gasteiger partial charge >= 0.3 is 0 Å². The minimum atomic E-state index is -0.233. The van der Waals surface area contributed by atoms with E-state index in [4.69, 9.17) is 11.6 Å². The molecule has 0 amide bonds. The second kappa shape index (κ2) is 5.91. The van der Waals surface area contributed by atoms with Crippen LogP contribution < -0.4 is 4.90 Å². The summed E-state index contributed by atoms with van der Waals surface area (Å²) >= 11 is 6.02. The summed E-state index contributed by atoms with van der Waals surface area (Å²) in [7, 11) is 0. The van der Waals surface area contributed by atoms with E-state index >= 15 is 0 Å². The van der Waals surface area contributed by atoms with Crippen molar-refractivity contribution in [1.82, 2.24) is 0 Å². The van der Waals surface area contributed by atoms with Crippen LogP contribution in [0.5, 0.6) is 0 Å². The summed E-state index contributed by atoms with van der Waals surface area (Å²) in [6, 6.07) is 5.59. The molecule has 0 radical (unpaired) electrons. The van der Waals surface area contributed by atoms with E-state index in [1.165, 1.54) is 0 Å². The zero-order valence-corrected chi connectivity index (χ0v) is 11.4. The number of hydrogen-bond donors (Lipinski definition) is 2. The molecule has 1 aromatic carbocycles. The van der Waals surface area contributed by atoms with Gasteiger partial charge in [-0.05, 0) is 37.8 Å². The van der Waals surface area contributed by atoms with Gasteiger partial charge in [0.25, 0.3) is 0 Å². The van der Waals surface area contributed by atoms with E-state index in [1.54, 1.807) is 6.07 Å². The van der Waals surface area contributed by atoms with Gasteiger partial charge in [0.15, 0.2) is 0 Å². The molecule has 2 rings (SSSR count). The van der Waals surface area contributed by atoms with Gasteiger partial charge in [-0.3, -0.25) is 0 Å². The van der Waals surface area contributed by atoms with Crippen molar-refractivity contribution in [2.75, 3.05) is 18.0 Å². The van der Waals surface area contributed by atoms with E-state index < -0.39 is 0 Å². The molecule has 4 heteroatoms. The van der Waals surface area contributed by atoms with Crippen LogP contribution in [-0.4, -0.2) is 29.4 Å². The number of nitrogens with zero attached hydrogens (tertiary/aromatic N) is 1. The molecule has 100 valence electrons. The van der Waals surface area contributed by atoms with Crippen molar-refractivity contribution in [2.45, 2.75) is 32.5 Å². The van der Waals surface area contributed by atoms with Crippen LogP contribution in [0.25, 0.3) is 0 Å². The molecule has 1 heterocycles. The molecule has 1 aliphatic rings. The maximum Gasteiger partial charge on any atom is 0.0702 e. The van der Waals surface area contributed by atoms with Crippen molar-refractivity contribution in [2.24, 2.45) is 5.92 Å². The minimum absolute atomic E-state index is 0.0306. The maximum absolute atomic E-state index is 9.60. The first kappa shape index (κ1) is 13.7. The molecule has 0 aromatic heterocycles. The fourth-order valence-corrected chi connectivity index (χ4v) is 2.75. The van der Waals surface area contributed by atoms with Crippen molar-refractivity contribution in [3.8, 4) is 0 Å². The Balaban J connectivity index is 2.11. The normalized spacial score (nSPS) is 19.0. The molecule has 1 fully saturated rings. The third-order valence-electron chi connectivity index (χ3n) is 3.78. The molecule has 18 heavy (non-hydrogen) atoms. The molecule has 1 saturated heterocycles. The van der Waals surface area contributed by atoms with Crippen LogP contribution in [0.15, 0.2) is 18.2 Å². The van der Waals surface area contributed by atoms with Gasteiger partial charge in [0.1, 0.15) is 0 Å². The highest BCUT2D eigenvalue weighted by Gasteiger charge is 2.23. The van der Waals surface area contributed by atoms with Gasteiger partial charge < -0.3 is 15.1 Å². The molecule has 0 saturated carbocycles. The molecule has 0 bridgehead atoms. The second-order valence-corrected chi connectivity index (χ2v) is 5.43. The molecule has 1 aromatic rings. The number of rotatable bonds is 3. The Bertz CT molecular complexity index is 401. The van der Waals surface area contributed by atoms with Crippen molar-refractivity contribution in [3.63, 3.8) is 0 Å². The van der Waals surface area contributed by atoms with Gasteiger partial charge in [-0.2, -0.15) is 0 Å². The summed E-state index contributed by atoms with van der Waals surface area (Å²) in [5.74, 6) is 0.387. The summed E-state index contributed by atoms with van der Waals surface area (Å²) in [6.45, 7) is 3.70. The van der Waals surface area contributed by atoms with Crippen LogP contribution in [0.1, 0.15) is 25.3 Å². The number of aliphatic hydroxyl groups excluding tert-OH is 2. The third kappa shape index (κ3) is 2.97. The van der Waals surface area contributed by atoms with Gasteiger partial charge in [0.2, 0.25) is 0 Å². The van der Waals surface area contributed by atoms with Crippen LogP contribution in [0, 0.1) is 5.92 Å². The predicted octanol–water partition coefficient (Wildman–Crippen LogP) is 2.43. The van der Waals surface area contributed by atoms with Crippen molar-refractivity contribution >= 4 is 17.3 Å². The topological polar surface area (TPSA) is 43.7 Å². The fourth-order valence-electron chi connectivity index (χ4n) is 2.59. The van der Waals surface area contributed by atoms with E-state index in [1.807, 2.05) is 19.1 Å². The molecule has 2 N–H and O–H groups in total. The highest BCUT2D eigenvalue weighted by Crippen LogP contribution is 2.30. The number of hydrogen-bond acceptors (Lipinski definition) is 3. The van der Waals surface area contributed by atoms with Crippen molar-refractivity contribution < 1.29 is 10.2 Å². The molecule has 1 atom stereocenters. The van der Waals surface area contributed by atoms with Crippen LogP contribution >= 0.6 is 11.6 Å². The largest absolute Gasteiger partial charge is 0.393 e. The van der Waals surface area contributed by atoms with Gasteiger partial charge in [-0.25, -0.2) is 0 Å². The lowest BCUT2D eigenvalue weighted by molar-refractivity contribution is 0.110. The zero-order valence-electron chi connectivity index (χ0n) is 10.6. The minimum Gasteiger partial charge on any atom is -0.393 e. The lowest BCUT2D eigenvalue weighted by atomic mass is 9.91. The number of piperidine rings is 1. The summed E-state index contributed by atoms with van der Waals surface area (Å²) in [5.41, 5.74) is 1.93. The van der Waals surface area contributed by atoms with Gasteiger partial charge in [-0.15, -0.1) is 0 Å². The summed E-state index contributed by atoms with van der Waals surface area (Å²) in [5, 5.41) is 19.7. The average Bonchev–Trinajstić information content (AvgIpc) is 2.39. The van der Waals surface area contributed by atoms with E-state index in [0.717, 1.165) is 37.2 Å². The molecular weight excluding hydrogens is 250 g/mol. The van der Waals surface area contributed by atoms with E-state index in [9.17, 15) is 10.2 Å². The van der Waals surface area contributed by atoms with E-state index in [-0.39, 0.29) is 12.7 Å². The lowest BCUT2D eigenvalue weighted by Gasteiger charge is -2.35. The third-order valence-corrected chi connectivity index (χ3v) is 4.02. The SMILES string of the molecule is CC(O)C1CCN(c2cc(Cl)ccc2CO)CC1. The Labute approximate surface area is 113 Å². The highest BCUT2D eigenvalue weighted by atomic mass is 35.5. The zero-order chi connectivity index (χ0) is 13.1. The Morgan fingerprint density at radius 3 is 2.61 bits per heavy atom. The van der Waals surface area contributed by atoms with Crippen molar-refractivity contribution in [1.29, 1.82) is 0 Å². The Morgan fingerprint density at radius 1 is 1.39 bits per heavy atom.